The Labute approximate surface area is 113 Å². The van der Waals surface area contributed by atoms with Crippen LogP contribution in [0.15, 0.2) is 18.2 Å². The molecule has 0 saturated carbocycles. The Balaban J connectivity index is 1.92. The number of nitrogens with one attached hydrogen (secondary N) is 1. The van der Waals surface area contributed by atoms with Gasteiger partial charge in [0.15, 0.2) is 0 Å². The Kier molecular flexibility index (Phi) is 4.84. The van der Waals surface area contributed by atoms with E-state index in [0.717, 1.165) is 32.5 Å². The van der Waals surface area contributed by atoms with Crippen molar-refractivity contribution in [1.82, 2.24) is 4.90 Å². The molecule has 2 nitrogen and oxygen atoms in total. The first-order valence-corrected chi connectivity index (χ1v) is 7.01. The van der Waals surface area contributed by atoms with Crippen molar-refractivity contribution in [2.24, 2.45) is 0 Å². The van der Waals surface area contributed by atoms with E-state index in [1.54, 1.807) is 12.1 Å². The third-order valence-electron chi connectivity index (χ3n) is 3.44. The number of halogens is 2. The van der Waals surface area contributed by atoms with Crippen molar-refractivity contribution in [2.75, 3.05) is 25.0 Å². The molecule has 1 aliphatic heterocycles. The first-order valence-electron chi connectivity index (χ1n) is 6.63. The fourth-order valence-electron chi connectivity index (χ4n) is 2.46. The number of para-hydroxylation sites is 1. The molecule has 4 heteroatoms. The van der Waals surface area contributed by atoms with Gasteiger partial charge >= 0.3 is 0 Å². The summed E-state index contributed by atoms with van der Waals surface area (Å²) in [6.45, 7) is 5.52. The molecule has 100 valence electrons. The lowest BCUT2D eigenvalue weighted by Crippen LogP contribution is -2.39. The number of rotatable bonds is 4. The first kappa shape index (κ1) is 13.6. The smallest absolute Gasteiger partial charge is 0.147 e. The van der Waals surface area contributed by atoms with Gasteiger partial charge in [0.1, 0.15) is 5.82 Å². The molecule has 0 radical (unpaired) electrons. The van der Waals surface area contributed by atoms with E-state index in [0.29, 0.717) is 16.8 Å². The molecule has 18 heavy (non-hydrogen) atoms. The van der Waals surface area contributed by atoms with Crippen LogP contribution in [0.4, 0.5) is 10.1 Å². The number of nitrogens with zero attached hydrogens (tertiary/aromatic N) is 1. The van der Waals surface area contributed by atoms with Crippen molar-refractivity contribution >= 4 is 17.3 Å². The molecule has 1 saturated heterocycles. The van der Waals surface area contributed by atoms with Gasteiger partial charge in [-0.3, -0.25) is 0 Å². The number of anilines is 1. The Morgan fingerprint density at radius 3 is 2.72 bits per heavy atom. The van der Waals surface area contributed by atoms with Crippen LogP contribution in [0.5, 0.6) is 0 Å². The second-order valence-corrected chi connectivity index (χ2v) is 5.26. The fraction of sp³-hybridized carbons (Fsp3) is 0.571. The highest BCUT2D eigenvalue weighted by Gasteiger charge is 2.20. The molecule has 1 aromatic rings. The predicted molar refractivity (Wildman–Crippen MR) is 74.8 cm³/mol. The zero-order valence-electron chi connectivity index (χ0n) is 10.8. The summed E-state index contributed by atoms with van der Waals surface area (Å²) in [5.41, 5.74) is 0.452. The second-order valence-electron chi connectivity index (χ2n) is 4.86. The van der Waals surface area contributed by atoms with Gasteiger partial charge in [-0.1, -0.05) is 24.6 Å². The highest BCUT2D eigenvalue weighted by Crippen LogP contribution is 2.27. The summed E-state index contributed by atoms with van der Waals surface area (Å²) in [4.78, 5) is 2.46. The van der Waals surface area contributed by atoms with Crippen LogP contribution in [0.1, 0.15) is 26.2 Å². The highest BCUT2D eigenvalue weighted by atomic mass is 35.5. The minimum atomic E-state index is -0.265. The summed E-state index contributed by atoms with van der Waals surface area (Å²) >= 11 is 6.01. The second kappa shape index (κ2) is 6.39. The van der Waals surface area contributed by atoms with Gasteiger partial charge in [0.05, 0.1) is 10.7 Å². The standard InChI is InChI=1S/C14H20ClFN2/c1-2-8-18-9-6-11(7-10-18)17-14-12(15)4-3-5-13(14)16/h3-5,11,17H,2,6-10H2,1H3. The average molecular weight is 271 g/mol. The summed E-state index contributed by atoms with van der Waals surface area (Å²) in [6, 6.07) is 5.12. The summed E-state index contributed by atoms with van der Waals surface area (Å²) < 4.78 is 13.6. The molecule has 0 amide bonds. The Bertz CT molecular complexity index is 369. The maximum atomic E-state index is 13.6. The monoisotopic (exact) mass is 270 g/mol. The normalized spacial score (nSPS) is 17.9. The summed E-state index contributed by atoms with van der Waals surface area (Å²) in [5.74, 6) is -0.265. The van der Waals surface area contributed by atoms with Gasteiger partial charge in [-0.15, -0.1) is 0 Å². The molecular formula is C14H20ClFN2. The van der Waals surface area contributed by atoms with Crippen LogP contribution in [0, 0.1) is 5.82 Å². The number of hydrogen-bond acceptors (Lipinski definition) is 2. The number of likely N-dealkylation sites (tertiary alicyclic amines) is 1. The molecular weight excluding hydrogens is 251 g/mol. The number of piperidine rings is 1. The zero-order valence-corrected chi connectivity index (χ0v) is 11.5. The Hall–Kier alpha value is -0.800. The van der Waals surface area contributed by atoms with Crippen molar-refractivity contribution in [3.63, 3.8) is 0 Å². The lowest BCUT2D eigenvalue weighted by Gasteiger charge is -2.32. The van der Waals surface area contributed by atoms with Gasteiger partial charge in [-0.25, -0.2) is 4.39 Å². The van der Waals surface area contributed by atoms with Crippen molar-refractivity contribution in [1.29, 1.82) is 0 Å². The largest absolute Gasteiger partial charge is 0.379 e. The Morgan fingerprint density at radius 1 is 1.39 bits per heavy atom. The van der Waals surface area contributed by atoms with Gasteiger partial charge in [0, 0.05) is 19.1 Å². The third-order valence-corrected chi connectivity index (χ3v) is 3.75. The molecule has 0 spiro atoms. The van der Waals surface area contributed by atoms with Crippen LogP contribution in [-0.2, 0) is 0 Å². The van der Waals surface area contributed by atoms with Crippen LogP contribution < -0.4 is 5.32 Å². The molecule has 1 aliphatic rings. The van der Waals surface area contributed by atoms with E-state index in [-0.39, 0.29) is 5.82 Å². The molecule has 0 bridgehead atoms. The van der Waals surface area contributed by atoms with Crippen molar-refractivity contribution in [3.05, 3.63) is 29.0 Å². The van der Waals surface area contributed by atoms with E-state index in [4.69, 9.17) is 11.6 Å². The summed E-state index contributed by atoms with van der Waals surface area (Å²) in [5, 5.41) is 3.71. The number of benzene rings is 1. The lowest BCUT2D eigenvalue weighted by molar-refractivity contribution is 0.219. The fourth-order valence-corrected chi connectivity index (χ4v) is 2.67. The first-order chi connectivity index (χ1) is 8.70. The van der Waals surface area contributed by atoms with Crippen molar-refractivity contribution in [3.8, 4) is 0 Å². The lowest BCUT2D eigenvalue weighted by atomic mass is 10.0. The summed E-state index contributed by atoms with van der Waals surface area (Å²) in [7, 11) is 0. The maximum Gasteiger partial charge on any atom is 0.147 e. The predicted octanol–water partition coefficient (Wildman–Crippen LogP) is 3.77. The average Bonchev–Trinajstić information content (AvgIpc) is 2.36. The molecule has 1 heterocycles. The zero-order chi connectivity index (χ0) is 13.0. The van der Waals surface area contributed by atoms with E-state index in [2.05, 4.69) is 17.1 Å². The van der Waals surface area contributed by atoms with Crippen molar-refractivity contribution < 1.29 is 4.39 Å². The highest BCUT2D eigenvalue weighted by molar-refractivity contribution is 6.33. The third kappa shape index (κ3) is 3.36. The van der Waals surface area contributed by atoms with Gasteiger partial charge in [0.25, 0.3) is 0 Å². The van der Waals surface area contributed by atoms with Gasteiger partial charge in [0.2, 0.25) is 0 Å². The van der Waals surface area contributed by atoms with Crippen LogP contribution in [0.2, 0.25) is 5.02 Å². The molecule has 2 rings (SSSR count). The van der Waals surface area contributed by atoms with Crippen LogP contribution >= 0.6 is 11.6 Å². The molecule has 0 aromatic heterocycles. The molecule has 0 aliphatic carbocycles. The minimum Gasteiger partial charge on any atom is -0.379 e. The topological polar surface area (TPSA) is 15.3 Å². The SMILES string of the molecule is CCCN1CCC(Nc2c(F)cccc2Cl)CC1. The van der Waals surface area contributed by atoms with E-state index < -0.39 is 0 Å². The molecule has 1 aromatic carbocycles. The molecule has 1 fully saturated rings. The van der Waals surface area contributed by atoms with E-state index >= 15 is 0 Å². The number of hydrogen-bond donors (Lipinski definition) is 1. The van der Waals surface area contributed by atoms with E-state index in [1.165, 1.54) is 12.5 Å². The van der Waals surface area contributed by atoms with E-state index in [1.807, 2.05) is 0 Å². The molecule has 1 N–H and O–H groups in total. The van der Waals surface area contributed by atoms with E-state index in [9.17, 15) is 4.39 Å². The van der Waals surface area contributed by atoms with Crippen molar-refractivity contribution in [2.45, 2.75) is 32.2 Å². The van der Waals surface area contributed by atoms with Gasteiger partial charge in [-0.2, -0.15) is 0 Å². The van der Waals surface area contributed by atoms with Gasteiger partial charge < -0.3 is 10.2 Å². The van der Waals surface area contributed by atoms with Crippen LogP contribution in [-0.4, -0.2) is 30.6 Å². The minimum absolute atomic E-state index is 0.265. The maximum absolute atomic E-state index is 13.6. The van der Waals surface area contributed by atoms with Crippen LogP contribution in [0.3, 0.4) is 0 Å². The molecule has 0 unspecified atom stereocenters. The summed E-state index contributed by atoms with van der Waals surface area (Å²) in [6.07, 6.45) is 3.28. The van der Waals surface area contributed by atoms with Gasteiger partial charge in [-0.05, 0) is 37.9 Å². The molecule has 0 atom stereocenters. The van der Waals surface area contributed by atoms with Crippen LogP contribution in [0.25, 0.3) is 0 Å². The Morgan fingerprint density at radius 2 is 2.11 bits per heavy atom. The quantitative estimate of drug-likeness (QED) is 0.896.